The van der Waals surface area contributed by atoms with E-state index in [-0.39, 0.29) is 0 Å². The van der Waals surface area contributed by atoms with E-state index in [9.17, 15) is 4.79 Å². The lowest BCUT2D eigenvalue weighted by atomic mass is 9.98. The number of benzene rings is 1. The van der Waals surface area contributed by atoms with Crippen LogP contribution < -0.4 is 0 Å². The lowest BCUT2D eigenvalue weighted by Gasteiger charge is -2.07. The Labute approximate surface area is 88.9 Å². The minimum Gasteiger partial charge on any atom is -0.453 e. The zero-order chi connectivity index (χ0) is 10.8. The van der Waals surface area contributed by atoms with Gasteiger partial charge in [-0.3, -0.25) is 4.79 Å². The lowest BCUT2D eigenvalue weighted by molar-refractivity contribution is 0.110. The first-order chi connectivity index (χ1) is 7.24. The normalized spacial score (nSPS) is 12.9. The molecule has 2 rings (SSSR count). The summed E-state index contributed by atoms with van der Waals surface area (Å²) >= 11 is 0. The van der Waals surface area contributed by atoms with E-state index in [0.29, 0.717) is 11.7 Å². The van der Waals surface area contributed by atoms with Gasteiger partial charge in [0.15, 0.2) is 12.0 Å². The molecule has 0 saturated carbocycles. The van der Waals surface area contributed by atoms with E-state index >= 15 is 0 Å². The summed E-state index contributed by atoms with van der Waals surface area (Å²) in [6.45, 7) is 4.36. The Morgan fingerprint density at radius 3 is 2.87 bits per heavy atom. The third-order valence-corrected chi connectivity index (χ3v) is 2.86. The molecule has 2 heteroatoms. The molecule has 0 aliphatic heterocycles. The summed E-state index contributed by atoms with van der Waals surface area (Å²) < 4.78 is 5.32. The quantitative estimate of drug-likeness (QED) is 0.709. The molecule has 0 radical (unpaired) electrons. The van der Waals surface area contributed by atoms with Crippen LogP contribution in [0.1, 0.15) is 42.3 Å². The maximum atomic E-state index is 10.6. The van der Waals surface area contributed by atoms with Crippen LogP contribution in [0.5, 0.6) is 0 Å². The van der Waals surface area contributed by atoms with E-state index in [1.165, 1.54) is 5.56 Å². The molecule has 1 aromatic carbocycles. The largest absolute Gasteiger partial charge is 0.453 e. The average Bonchev–Trinajstić information content (AvgIpc) is 2.69. The number of furan rings is 1. The first-order valence-electron chi connectivity index (χ1n) is 5.23. The van der Waals surface area contributed by atoms with Gasteiger partial charge in [-0.25, -0.2) is 0 Å². The molecule has 0 fully saturated rings. The first kappa shape index (κ1) is 9.97. The summed E-state index contributed by atoms with van der Waals surface area (Å²) in [5.41, 5.74) is 2.08. The van der Waals surface area contributed by atoms with E-state index < -0.39 is 0 Å². The molecule has 1 unspecified atom stereocenters. The molecule has 0 amide bonds. The summed E-state index contributed by atoms with van der Waals surface area (Å²) in [5, 5.41) is 1.01. The van der Waals surface area contributed by atoms with Crippen molar-refractivity contribution in [1.82, 2.24) is 0 Å². The Balaban J connectivity index is 2.50. The van der Waals surface area contributed by atoms with Crippen LogP contribution in [0.4, 0.5) is 0 Å². The van der Waals surface area contributed by atoms with Crippen molar-refractivity contribution in [3.63, 3.8) is 0 Å². The minimum absolute atomic E-state index is 0.395. The van der Waals surface area contributed by atoms with E-state index in [4.69, 9.17) is 4.42 Å². The van der Waals surface area contributed by atoms with Crippen LogP contribution in [0.3, 0.4) is 0 Å². The number of aldehydes is 1. The molecule has 0 bridgehead atoms. The number of carbonyl (C=O) groups excluding carboxylic acids is 1. The van der Waals surface area contributed by atoms with Crippen molar-refractivity contribution in [3.8, 4) is 0 Å². The van der Waals surface area contributed by atoms with Crippen LogP contribution >= 0.6 is 0 Å². The number of rotatable bonds is 3. The van der Waals surface area contributed by atoms with Gasteiger partial charge < -0.3 is 4.42 Å². The van der Waals surface area contributed by atoms with Gasteiger partial charge in [0.25, 0.3) is 0 Å². The Bertz CT molecular complexity index is 482. The molecule has 1 aromatic heterocycles. The molecule has 0 saturated heterocycles. The summed E-state index contributed by atoms with van der Waals surface area (Å²) in [4.78, 5) is 10.6. The summed E-state index contributed by atoms with van der Waals surface area (Å²) in [7, 11) is 0. The fourth-order valence-electron chi connectivity index (χ4n) is 1.68. The molecular weight excluding hydrogens is 188 g/mol. The van der Waals surface area contributed by atoms with Gasteiger partial charge in [-0.2, -0.15) is 0 Å². The molecule has 0 N–H and O–H groups in total. The highest BCUT2D eigenvalue weighted by molar-refractivity contribution is 5.85. The third kappa shape index (κ3) is 1.80. The Morgan fingerprint density at radius 2 is 2.20 bits per heavy atom. The summed E-state index contributed by atoms with van der Waals surface area (Å²) in [5.74, 6) is 0.940. The highest BCUT2D eigenvalue weighted by atomic mass is 16.3. The van der Waals surface area contributed by atoms with Crippen molar-refractivity contribution < 1.29 is 9.21 Å². The maximum absolute atomic E-state index is 10.6. The van der Waals surface area contributed by atoms with E-state index in [2.05, 4.69) is 26.0 Å². The van der Waals surface area contributed by atoms with Crippen LogP contribution in [0, 0.1) is 0 Å². The molecule has 1 atom stereocenters. The first-order valence-corrected chi connectivity index (χ1v) is 5.23. The Hall–Kier alpha value is -1.57. The molecule has 0 aliphatic carbocycles. The van der Waals surface area contributed by atoms with E-state index in [1.54, 1.807) is 6.07 Å². The number of carbonyl (C=O) groups is 1. The van der Waals surface area contributed by atoms with Crippen LogP contribution in [0.2, 0.25) is 0 Å². The van der Waals surface area contributed by atoms with Gasteiger partial charge in [-0.15, -0.1) is 0 Å². The van der Waals surface area contributed by atoms with Gasteiger partial charge in [0, 0.05) is 5.39 Å². The second-order valence-electron chi connectivity index (χ2n) is 3.87. The predicted octanol–water partition coefficient (Wildman–Crippen LogP) is 3.76. The van der Waals surface area contributed by atoms with Crippen LogP contribution in [-0.2, 0) is 0 Å². The van der Waals surface area contributed by atoms with Crippen molar-refractivity contribution in [2.75, 3.05) is 0 Å². The summed E-state index contributed by atoms with van der Waals surface area (Å²) in [6, 6.07) is 7.88. The molecule has 0 spiro atoms. The zero-order valence-corrected chi connectivity index (χ0v) is 8.99. The predicted molar refractivity (Wildman–Crippen MR) is 60.3 cm³/mol. The van der Waals surface area contributed by atoms with Gasteiger partial charge in [0.1, 0.15) is 5.58 Å². The van der Waals surface area contributed by atoms with Gasteiger partial charge in [-0.1, -0.05) is 19.9 Å². The van der Waals surface area contributed by atoms with Crippen LogP contribution in [-0.4, -0.2) is 6.29 Å². The smallest absolute Gasteiger partial charge is 0.185 e. The fraction of sp³-hybridized carbons (Fsp3) is 0.308. The summed E-state index contributed by atoms with van der Waals surface area (Å²) in [6.07, 6.45) is 1.85. The number of hydrogen-bond acceptors (Lipinski definition) is 2. The van der Waals surface area contributed by atoms with E-state index in [1.807, 2.05) is 6.07 Å². The van der Waals surface area contributed by atoms with Crippen molar-refractivity contribution in [2.45, 2.75) is 26.2 Å². The molecule has 1 heterocycles. The molecule has 78 valence electrons. The standard InChI is InChI=1S/C13H14O2/c1-3-9(2)10-4-5-13-11(6-10)7-12(8-14)15-13/h4-9H,3H2,1-2H3. The van der Waals surface area contributed by atoms with E-state index in [0.717, 1.165) is 23.7 Å². The fourth-order valence-corrected chi connectivity index (χ4v) is 1.68. The topological polar surface area (TPSA) is 30.2 Å². The van der Waals surface area contributed by atoms with Crippen LogP contribution in [0.15, 0.2) is 28.7 Å². The molecule has 15 heavy (non-hydrogen) atoms. The minimum atomic E-state index is 0.395. The maximum Gasteiger partial charge on any atom is 0.185 e. The van der Waals surface area contributed by atoms with Crippen molar-refractivity contribution in [2.24, 2.45) is 0 Å². The monoisotopic (exact) mass is 202 g/mol. The van der Waals surface area contributed by atoms with Crippen molar-refractivity contribution in [3.05, 3.63) is 35.6 Å². The molecule has 2 nitrogen and oxygen atoms in total. The molecular formula is C13H14O2. The Kier molecular flexibility index (Phi) is 2.58. The number of hydrogen-bond donors (Lipinski definition) is 0. The van der Waals surface area contributed by atoms with Crippen molar-refractivity contribution >= 4 is 17.3 Å². The zero-order valence-electron chi connectivity index (χ0n) is 8.99. The number of fused-ring (bicyclic) bond motifs is 1. The van der Waals surface area contributed by atoms with Crippen molar-refractivity contribution in [1.29, 1.82) is 0 Å². The second kappa shape index (κ2) is 3.89. The van der Waals surface area contributed by atoms with Gasteiger partial charge in [-0.05, 0) is 36.1 Å². The molecule has 0 aliphatic rings. The molecule has 2 aromatic rings. The third-order valence-electron chi connectivity index (χ3n) is 2.86. The highest BCUT2D eigenvalue weighted by Crippen LogP contribution is 2.25. The van der Waals surface area contributed by atoms with Gasteiger partial charge in [0.05, 0.1) is 0 Å². The van der Waals surface area contributed by atoms with Crippen LogP contribution in [0.25, 0.3) is 11.0 Å². The van der Waals surface area contributed by atoms with Gasteiger partial charge in [0.2, 0.25) is 0 Å². The highest BCUT2D eigenvalue weighted by Gasteiger charge is 2.07. The lowest BCUT2D eigenvalue weighted by Crippen LogP contribution is -1.89. The SMILES string of the molecule is CCC(C)c1ccc2oc(C=O)cc2c1. The van der Waals surface area contributed by atoms with Gasteiger partial charge >= 0.3 is 0 Å². The average molecular weight is 202 g/mol. The Morgan fingerprint density at radius 1 is 1.40 bits per heavy atom. The second-order valence-corrected chi connectivity index (χ2v) is 3.87.